The molecule has 1 aromatic rings. The first-order valence-electron chi connectivity index (χ1n) is 4.76. The highest BCUT2D eigenvalue weighted by Gasteiger charge is 2.00. The maximum Gasteiger partial charge on any atom is 0.150 e. The normalized spacial score (nSPS) is 10.5. The molecule has 1 aromatic carbocycles. The van der Waals surface area contributed by atoms with E-state index in [2.05, 4.69) is 5.32 Å². The summed E-state index contributed by atoms with van der Waals surface area (Å²) < 4.78 is 5.04. The lowest BCUT2D eigenvalue weighted by molar-refractivity contribution is 0.112. The van der Waals surface area contributed by atoms with Crippen molar-refractivity contribution in [3.8, 4) is 5.75 Å². The lowest BCUT2D eigenvalue weighted by Gasteiger charge is -2.03. The Balaban J connectivity index is 2.92. The van der Waals surface area contributed by atoms with Gasteiger partial charge in [0, 0.05) is 12.1 Å². The molecule has 15 heavy (non-hydrogen) atoms. The summed E-state index contributed by atoms with van der Waals surface area (Å²) >= 11 is 0. The van der Waals surface area contributed by atoms with E-state index in [0.29, 0.717) is 11.3 Å². The van der Waals surface area contributed by atoms with Gasteiger partial charge < -0.3 is 10.1 Å². The minimum atomic E-state index is 0.640. The number of hydrogen-bond acceptors (Lipinski definition) is 3. The lowest BCUT2D eigenvalue weighted by atomic mass is 10.1. The molecule has 0 unspecified atom stereocenters. The Kier molecular flexibility index (Phi) is 4.57. The summed E-state index contributed by atoms with van der Waals surface area (Å²) in [6.07, 6.45) is 4.72. The zero-order valence-corrected chi connectivity index (χ0v) is 8.99. The quantitative estimate of drug-likeness (QED) is 0.744. The van der Waals surface area contributed by atoms with Gasteiger partial charge in [-0.2, -0.15) is 0 Å². The highest BCUT2D eigenvalue weighted by atomic mass is 16.5. The van der Waals surface area contributed by atoms with E-state index in [-0.39, 0.29) is 0 Å². The van der Waals surface area contributed by atoms with Crippen LogP contribution >= 0.6 is 0 Å². The highest BCUT2D eigenvalue weighted by Crippen LogP contribution is 2.17. The molecule has 0 saturated heterocycles. The number of methoxy groups -OCH3 is 1. The van der Waals surface area contributed by atoms with Crippen molar-refractivity contribution < 1.29 is 9.53 Å². The number of rotatable bonds is 5. The van der Waals surface area contributed by atoms with Crippen LogP contribution in [0.3, 0.4) is 0 Å². The van der Waals surface area contributed by atoms with E-state index in [1.807, 2.05) is 31.3 Å². The van der Waals surface area contributed by atoms with Gasteiger partial charge in [-0.15, -0.1) is 0 Å². The van der Waals surface area contributed by atoms with Gasteiger partial charge in [0.25, 0.3) is 0 Å². The minimum Gasteiger partial charge on any atom is -0.497 e. The van der Waals surface area contributed by atoms with E-state index in [1.54, 1.807) is 13.2 Å². The third-order valence-electron chi connectivity index (χ3n) is 2.04. The molecule has 0 bridgehead atoms. The summed E-state index contributed by atoms with van der Waals surface area (Å²) in [7, 11) is 3.46. The Bertz CT molecular complexity index is 359. The predicted molar refractivity (Wildman–Crippen MR) is 61.3 cm³/mol. The molecule has 0 amide bonds. The molecule has 0 spiro atoms. The molecule has 0 atom stereocenters. The molecule has 0 heterocycles. The fourth-order valence-corrected chi connectivity index (χ4v) is 1.24. The van der Waals surface area contributed by atoms with Crippen molar-refractivity contribution in [3.63, 3.8) is 0 Å². The predicted octanol–water partition coefficient (Wildman–Crippen LogP) is 1.74. The van der Waals surface area contributed by atoms with Crippen LogP contribution in [0.1, 0.15) is 15.9 Å². The Labute approximate surface area is 89.8 Å². The molecule has 0 aromatic heterocycles. The molecule has 80 valence electrons. The number of hydrogen-bond donors (Lipinski definition) is 1. The first kappa shape index (κ1) is 11.5. The lowest BCUT2D eigenvalue weighted by Crippen LogP contribution is -2.03. The van der Waals surface area contributed by atoms with Gasteiger partial charge in [0.2, 0.25) is 0 Å². The zero-order valence-electron chi connectivity index (χ0n) is 8.99. The summed E-state index contributed by atoms with van der Waals surface area (Å²) in [6, 6.07) is 5.44. The van der Waals surface area contributed by atoms with Crippen LogP contribution in [-0.4, -0.2) is 27.0 Å². The van der Waals surface area contributed by atoms with E-state index >= 15 is 0 Å². The van der Waals surface area contributed by atoms with Crippen LogP contribution < -0.4 is 10.1 Å². The molecular weight excluding hydrogens is 190 g/mol. The highest BCUT2D eigenvalue weighted by molar-refractivity contribution is 5.82. The van der Waals surface area contributed by atoms with Gasteiger partial charge in [-0.25, -0.2) is 0 Å². The SMILES string of the molecule is CNCC=Cc1ccc(OC)cc1C=O. The van der Waals surface area contributed by atoms with Crippen LogP contribution in [0.5, 0.6) is 5.75 Å². The summed E-state index contributed by atoms with van der Waals surface area (Å²) in [5.41, 5.74) is 1.54. The number of aldehydes is 1. The number of carbonyl (C=O) groups is 1. The fourth-order valence-electron chi connectivity index (χ4n) is 1.24. The summed E-state index contributed by atoms with van der Waals surface area (Å²) in [6.45, 7) is 0.782. The Morgan fingerprint density at radius 3 is 2.80 bits per heavy atom. The van der Waals surface area contributed by atoms with Crippen LogP contribution in [0, 0.1) is 0 Å². The molecule has 0 aliphatic carbocycles. The molecule has 0 saturated carbocycles. The van der Waals surface area contributed by atoms with Crippen molar-refractivity contribution in [2.24, 2.45) is 0 Å². The molecular formula is C12H15NO2. The first-order valence-corrected chi connectivity index (χ1v) is 4.76. The topological polar surface area (TPSA) is 38.3 Å². The molecule has 0 aliphatic rings. The van der Waals surface area contributed by atoms with Gasteiger partial charge in [0.15, 0.2) is 6.29 Å². The summed E-state index contributed by atoms with van der Waals surface area (Å²) in [4.78, 5) is 10.8. The molecule has 1 N–H and O–H groups in total. The number of benzene rings is 1. The third kappa shape index (κ3) is 3.22. The van der Waals surface area contributed by atoms with Crippen LogP contribution in [0.15, 0.2) is 24.3 Å². The average Bonchev–Trinajstić information content (AvgIpc) is 2.29. The number of ether oxygens (including phenoxy) is 1. The monoisotopic (exact) mass is 205 g/mol. The second-order valence-electron chi connectivity index (χ2n) is 3.07. The molecule has 3 nitrogen and oxygen atoms in total. The second kappa shape index (κ2) is 5.98. The van der Waals surface area contributed by atoms with Gasteiger partial charge in [0.05, 0.1) is 7.11 Å². The standard InChI is InChI=1S/C12H15NO2/c1-13-7-3-4-10-5-6-12(15-2)8-11(10)9-14/h3-6,8-9,13H,7H2,1-2H3. The molecule has 0 radical (unpaired) electrons. The van der Waals surface area contributed by atoms with E-state index in [0.717, 1.165) is 18.4 Å². The summed E-state index contributed by atoms with van der Waals surface area (Å²) in [5, 5.41) is 3.00. The van der Waals surface area contributed by atoms with Crippen molar-refractivity contribution in [3.05, 3.63) is 35.4 Å². The maximum absolute atomic E-state index is 10.8. The first-order chi connectivity index (χ1) is 7.31. The molecule has 3 heteroatoms. The van der Waals surface area contributed by atoms with Crippen LogP contribution in [-0.2, 0) is 0 Å². The van der Waals surface area contributed by atoms with Crippen LogP contribution in [0.4, 0.5) is 0 Å². The van der Waals surface area contributed by atoms with Gasteiger partial charge in [-0.1, -0.05) is 18.2 Å². The van der Waals surface area contributed by atoms with Crippen LogP contribution in [0.25, 0.3) is 6.08 Å². The second-order valence-corrected chi connectivity index (χ2v) is 3.07. The van der Waals surface area contributed by atoms with E-state index in [1.165, 1.54) is 0 Å². The van der Waals surface area contributed by atoms with E-state index < -0.39 is 0 Å². The Morgan fingerprint density at radius 2 is 2.20 bits per heavy atom. The number of nitrogens with one attached hydrogen (secondary N) is 1. The third-order valence-corrected chi connectivity index (χ3v) is 2.04. The Morgan fingerprint density at radius 1 is 1.40 bits per heavy atom. The largest absolute Gasteiger partial charge is 0.497 e. The van der Waals surface area contributed by atoms with Crippen molar-refractivity contribution in [1.82, 2.24) is 5.32 Å². The van der Waals surface area contributed by atoms with Crippen molar-refractivity contribution >= 4 is 12.4 Å². The van der Waals surface area contributed by atoms with Crippen molar-refractivity contribution in [2.45, 2.75) is 0 Å². The molecule has 0 fully saturated rings. The van der Waals surface area contributed by atoms with Crippen molar-refractivity contribution in [2.75, 3.05) is 20.7 Å². The van der Waals surface area contributed by atoms with E-state index in [9.17, 15) is 4.79 Å². The van der Waals surface area contributed by atoms with E-state index in [4.69, 9.17) is 4.74 Å². The average molecular weight is 205 g/mol. The smallest absolute Gasteiger partial charge is 0.150 e. The minimum absolute atomic E-state index is 0.640. The summed E-state index contributed by atoms with van der Waals surface area (Å²) in [5.74, 6) is 0.697. The fraction of sp³-hybridized carbons (Fsp3) is 0.250. The van der Waals surface area contributed by atoms with Gasteiger partial charge in [-0.3, -0.25) is 4.79 Å². The van der Waals surface area contributed by atoms with Gasteiger partial charge in [-0.05, 0) is 24.7 Å². The van der Waals surface area contributed by atoms with Crippen molar-refractivity contribution in [1.29, 1.82) is 0 Å². The van der Waals surface area contributed by atoms with Gasteiger partial charge in [0.1, 0.15) is 5.75 Å². The zero-order chi connectivity index (χ0) is 11.1. The maximum atomic E-state index is 10.8. The Hall–Kier alpha value is -1.61. The molecule has 0 aliphatic heterocycles. The molecule has 1 rings (SSSR count). The van der Waals surface area contributed by atoms with Crippen LogP contribution in [0.2, 0.25) is 0 Å². The number of likely N-dealkylation sites (N-methyl/N-ethyl adjacent to an activating group) is 1. The number of carbonyl (C=O) groups excluding carboxylic acids is 1. The van der Waals surface area contributed by atoms with Gasteiger partial charge >= 0.3 is 0 Å².